The largest absolute Gasteiger partial charge is 0.493 e. The molecule has 3 aromatic rings. The van der Waals surface area contributed by atoms with Gasteiger partial charge in [0.05, 0.1) is 14.2 Å². The molecule has 3 rings (SSSR count). The molecule has 0 saturated carbocycles. The molecule has 0 aromatic heterocycles. The van der Waals surface area contributed by atoms with Gasteiger partial charge in [-0.2, -0.15) is 0 Å². The van der Waals surface area contributed by atoms with E-state index in [1.54, 1.807) is 18.2 Å². The van der Waals surface area contributed by atoms with Crippen LogP contribution in [0.1, 0.15) is 10.4 Å². The van der Waals surface area contributed by atoms with E-state index in [9.17, 15) is 9.59 Å². The summed E-state index contributed by atoms with van der Waals surface area (Å²) >= 11 is 0. The zero-order chi connectivity index (χ0) is 19.9. The first-order valence-corrected chi connectivity index (χ1v) is 8.53. The molecule has 2 N–H and O–H groups in total. The summed E-state index contributed by atoms with van der Waals surface area (Å²) in [6, 6.07) is 18.1. The summed E-state index contributed by atoms with van der Waals surface area (Å²) in [5, 5.41) is 2.10. The van der Waals surface area contributed by atoms with Crippen molar-refractivity contribution in [3.05, 3.63) is 66.2 Å². The lowest BCUT2D eigenvalue weighted by molar-refractivity contribution is -0.123. The lowest BCUT2D eigenvalue weighted by Gasteiger charge is -2.11. The summed E-state index contributed by atoms with van der Waals surface area (Å²) in [6.45, 7) is -0.232. The molecule has 0 aliphatic rings. The van der Waals surface area contributed by atoms with E-state index >= 15 is 0 Å². The molecule has 0 radical (unpaired) electrons. The zero-order valence-corrected chi connectivity index (χ0v) is 15.5. The number of methoxy groups -OCH3 is 2. The van der Waals surface area contributed by atoms with E-state index in [1.165, 1.54) is 20.3 Å². The maximum atomic E-state index is 12.2. The van der Waals surface area contributed by atoms with Gasteiger partial charge in [-0.15, -0.1) is 0 Å². The molecule has 0 aliphatic carbocycles. The molecule has 7 nitrogen and oxygen atoms in total. The van der Waals surface area contributed by atoms with E-state index in [0.717, 1.165) is 10.8 Å². The van der Waals surface area contributed by atoms with Crippen molar-refractivity contribution >= 4 is 22.6 Å². The van der Waals surface area contributed by atoms with Crippen LogP contribution in [-0.2, 0) is 4.79 Å². The second-order valence-electron chi connectivity index (χ2n) is 5.87. The van der Waals surface area contributed by atoms with Gasteiger partial charge in [0.1, 0.15) is 5.75 Å². The summed E-state index contributed by atoms with van der Waals surface area (Å²) in [6.07, 6.45) is 0. The molecule has 0 bridgehead atoms. The van der Waals surface area contributed by atoms with Gasteiger partial charge in [-0.1, -0.05) is 30.3 Å². The van der Waals surface area contributed by atoms with E-state index in [1.807, 2.05) is 36.4 Å². The average molecular weight is 380 g/mol. The summed E-state index contributed by atoms with van der Waals surface area (Å²) < 4.78 is 15.8. The smallest absolute Gasteiger partial charge is 0.276 e. The molecule has 144 valence electrons. The Labute approximate surface area is 162 Å². The summed E-state index contributed by atoms with van der Waals surface area (Å²) in [5.74, 6) is 0.523. The number of ether oxygens (including phenoxy) is 3. The SMILES string of the molecule is COc1ccc(C(=O)NNC(=O)COc2ccc3ccccc3c2)cc1OC. The monoisotopic (exact) mass is 380 g/mol. The van der Waals surface area contributed by atoms with Gasteiger partial charge in [-0.3, -0.25) is 20.4 Å². The Morgan fingerprint density at radius 2 is 1.57 bits per heavy atom. The quantitative estimate of drug-likeness (QED) is 0.642. The van der Waals surface area contributed by atoms with Crippen LogP contribution in [0.4, 0.5) is 0 Å². The molecule has 0 unspecified atom stereocenters. The van der Waals surface area contributed by atoms with Crippen molar-refractivity contribution in [3.63, 3.8) is 0 Å². The zero-order valence-electron chi connectivity index (χ0n) is 15.5. The summed E-state index contributed by atoms with van der Waals surface area (Å²) in [5.41, 5.74) is 4.97. The maximum Gasteiger partial charge on any atom is 0.276 e. The van der Waals surface area contributed by atoms with E-state index in [4.69, 9.17) is 14.2 Å². The minimum absolute atomic E-state index is 0.232. The minimum Gasteiger partial charge on any atom is -0.493 e. The van der Waals surface area contributed by atoms with Crippen molar-refractivity contribution in [2.75, 3.05) is 20.8 Å². The number of carbonyl (C=O) groups is 2. The van der Waals surface area contributed by atoms with Crippen LogP contribution in [0, 0.1) is 0 Å². The van der Waals surface area contributed by atoms with Gasteiger partial charge in [0.2, 0.25) is 0 Å². The van der Waals surface area contributed by atoms with Gasteiger partial charge in [0.15, 0.2) is 18.1 Å². The maximum absolute atomic E-state index is 12.2. The van der Waals surface area contributed by atoms with Crippen molar-refractivity contribution in [1.82, 2.24) is 10.9 Å². The van der Waals surface area contributed by atoms with E-state index < -0.39 is 11.8 Å². The van der Waals surface area contributed by atoms with Crippen LogP contribution in [-0.4, -0.2) is 32.6 Å². The Morgan fingerprint density at radius 1 is 0.821 bits per heavy atom. The molecule has 28 heavy (non-hydrogen) atoms. The molecule has 0 spiro atoms. The van der Waals surface area contributed by atoms with Crippen molar-refractivity contribution in [1.29, 1.82) is 0 Å². The predicted molar refractivity (Wildman–Crippen MR) is 105 cm³/mol. The summed E-state index contributed by atoms with van der Waals surface area (Å²) in [7, 11) is 2.98. The molecule has 7 heteroatoms. The Balaban J connectivity index is 1.52. The molecule has 0 saturated heterocycles. The van der Waals surface area contributed by atoms with Gasteiger partial charge in [0, 0.05) is 5.56 Å². The lowest BCUT2D eigenvalue weighted by Crippen LogP contribution is -2.43. The Bertz CT molecular complexity index is 1000. The number of nitrogens with one attached hydrogen (secondary N) is 2. The first-order valence-electron chi connectivity index (χ1n) is 8.53. The molecule has 0 aliphatic heterocycles. The predicted octanol–water partition coefficient (Wildman–Crippen LogP) is 2.70. The minimum atomic E-state index is -0.486. The fourth-order valence-corrected chi connectivity index (χ4v) is 2.62. The van der Waals surface area contributed by atoms with Crippen LogP contribution in [0.5, 0.6) is 17.2 Å². The third-order valence-corrected chi connectivity index (χ3v) is 4.05. The Morgan fingerprint density at radius 3 is 2.32 bits per heavy atom. The van der Waals surface area contributed by atoms with Crippen LogP contribution in [0.2, 0.25) is 0 Å². The Kier molecular flexibility index (Phi) is 5.96. The van der Waals surface area contributed by atoms with Crippen LogP contribution >= 0.6 is 0 Å². The molecule has 0 fully saturated rings. The lowest BCUT2D eigenvalue weighted by atomic mass is 10.1. The second kappa shape index (κ2) is 8.77. The molecule has 0 heterocycles. The Hall–Kier alpha value is -3.74. The third-order valence-electron chi connectivity index (χ3n) is 4.05. The highest BCUT2D eigenvalue weighted by Gasteiger charge is 2.12. The second-order valence-corrected chi connectivity index (χ2v) is 5.87. The first-order chi connectivity index (χ1) is 13.6. The number of carbonyl (C=O) groups excluding carboxylic acids is 2. The van der Waals surface area contributed by atoms with E-state index in [0.29, 0.717) is 22.8 Å². The van der Waals surface area contributed by atoms with Crippen molar-refractivity contribution in [2.24, 2.45) is 0 Å². The van der Waals surface area contributed by atoms with Crippen molar-refractivity contribution in [2.45, 2.75) is 0 Å². The molecule has 3 aromatic carbocycles. The molecular weight excluding hydrogens is 360 g/mol. The van der Waals surface area contributed by atoms with Crippen LogP contribution in [0.3, 0.4) is 0 Å². The molecular formula is C21H20N2O5. The first kappa shape index (κ1) is 19.0. The van der Waals surface area contributed by atoms with Crippen LogP contribution in [0.25, 0.3) is 10.8 Å². The highest BCUT2D eigenvalue weighted by atomic mass is 16.5. The molecule has 2 amide bonds. The van der Waals surface area contributed by atoms with Crippen LogP contribution in [0.15, 0.2) is 60.7 Å². The fraction of sp³-hybridized carbons (Fsp3) is 0.143. The number of hydrogen-bond acceptors (Lipinski definition) is 5. The van der Waals surface area contributed by atoms with E-state index in [-0.39, 0.29) is 6.61 Å². The van der Waals surface area contributed by atoms with Crippen molar-refractivity contribution < 1.29 is 23.8 Å². The average Bonchev–Trinajstić information content (AvgIpc) is 2.75. The number of fused-ring (bicyclic) bond motifs is 1. The van der Waals surface area contributed by atoms with E-state index in [2.05, 4.69) is 10.9 Å². The number of amides is 2. The van der Waals surface area contributed by atoms with Gasteiger partial charge in [-0.05, 0) is 41.1 Å². The standard InChI is InChI=1S/C21H20N2O5/c1-26-18-10-8-16(12-19(18)27-2)21(25)23-22-20(24)13-28-17-9-7-14-5-3-4-6-15(14)11-17/h3-12H,13H2,1-2H3,(H,22,24)(H,23,25). The van der Waals surface area contributed by atoms with Gasteiger partial charge in [0.25, 0.3) is 11.8 Å². The number of rotatable bonds is 6. The number of hydrogen-bond donors (Lipinski definition) is 2. The highest BCUT2D eigenvalue weighted by Crippen LogP contribution is 2.27. The van der Waals surface area contributed by atoms with Gasteiger partial charge in [-0.25, -0.2) is 0 Å². The third kappa shape index (κ3) is 4.50. The fourth-order valence-electron chi connectivity index (χ4n) is 2.62. The number of hydrazine groups is 1. The normalized spacial score (nSPS) is 10.2. The highest BCUT2D eigenvalue weighted by molar-refractivity contribution is 5.96. The molecule has 0 atom stereocenters. The van der Waals surface area contributed by atoms with Crippen LogP contribution < -0.4 is 25.1 Å². The van der Waals surface area contributed by atoms with Gasteiger partial charge >= 0.3 is 0 Å². The van der Waals surface area contributed by atoms with Crippen molar-refractivity contribution in [3.8, 4) is 17.2 Å². The topological polar surface area (TPSA) is 85.9 Å². The summed E-state index contributed by atoms with van der Waals surface area (Å²) in [4.78, 5) is 24.1. The number of benzene rings is 3. The van der Waals surface area contributed by atoms with Gasteiger partial charge < -0.3 is 14.2 Å².